The Kier molecular flexibility index (Phi) is 4.88. The minimum absolute atomic E-state index is 0.170. The third kappa shape index (κ3) is 3.74. The van der Waals surface area contributed by atoms with Gasteiger partial charge in [-0.2, -0.15) is 0 Å². The molecule has 1 heterocycles. The highest BCUT2D eigenvalue weighted by molar-refractivity contribution is 5.78. The summed E-state index contributed by atoms with van der Waals surface area (Å²) in [7, 11) is 0. The normalized spacial score (nSPS) is 19.1. The maximum atomic E-state index is 10.9. The van der Waals surface area contributed by atoms with E-state index in [1.165, 1.54) is 12.0 Å². The molecule has 1 aromatic carbocycles. The Labute approximate surface area is 91.7 Å². The van der Waals surface area contributed by atoms with E-state index in [4.69, 9.17) is 0 Å². The van der Waals surface area contributed by atoms with Crippen LogP contribution in [0, 0.1) is 0 Å². The van der Waals surface area contributed by atoms with Crippen molar-refractivity contribution in [3.8, 4) is 0 Å². The number of benzene rings is 1. The van der Waals surface area contributed by atoms with E-state index in [1.54, 1.807) is 0 Å². The zero-order chi connectivity index (χ0) is 11.1. The molecule has 1 amide bonds. The van der Waals surface area contributed by atoms with Gasteiger partial charge in [0.2, 0.25) is 5.91 Å². The van der Waals surface area contributed by atoms with Gasteiger partial charge in [0.15, 0.2) is 0 Å². The average molecular weight is 205 g/mol. The summed E-state index contributed by atoms with van der Waals surface area (Å²) in [4.78, 5) is 10.9. The topological polar surface area (TPSA) is 29.1 Å². The molecule has 15 heavy (non-hydrogen) atoms. The maximum absolute atomic E-state index is 10.9. The number of amides is 1. The first-order chi connectivity index (χ1) is 7.27. The number of hydrogen-bond donors (Lipinski definition) is 1. The van der Waals surface area contributed by atoms with Crippen LogP contribution in [0.3, 0.4) is 0 Å². The molecule has 0 bridgehead atoms. The number of hydrogen-bond acceptors (Lipinski definition) is 1. The van der Waals surface area contributed by atoms with Gasteiger partial charge in [0, 0.05) is 6.42 Å². The summed E-state index contributed by atoms with van der Waals surface area (Å²) >= 11 is 0. The summed E-state index contributed by atoms with van der Waals surface area (Å²) in [5.74, 6) is 0.170. The molecule has 2 nitrogen and oxygen atoms in total. The average Bonchev–Trinajstić information content (AvgIpc) is 2.67. The summed E-state index contributed by atoms with van der Waals surface area (Å²) in [5, 5.41) is 2.93. The fourth-order valence-corrected chi connectivity index (χ4v) is 1.55. The van der Waals surface area contributed by atoms with Crippen LogP contribution in [0.1, 0.15) is 44.7 Å². The Balaban J connectivity index is 0.000000337. The number of nitrogens with one attached hydrogen (secondary N) is 1. The van der Waals surface area contributed by atoms with Gasteiger partial charge in [-0.1, -0.05) is 50.6 Å². The van der Waals surface area contributed by atoms with E-state index >= 15 is 0 Å². The standard InChI is InChI=1S/C10H11NO.C3H8/c12-10-7-6-9(11-10)8-4-2-1-3-5-8;1-3-2/h1-5,9H,6-7H2,(H,11,12);3H2,1-2H3. The van der Waals surface area contributed by atoms with Gasteiger partial charge in [0.05, 0.1) is 6.04 Å². The number of rotatable bonds is 1. The lowest BCUT2D eigenvalue weighted by molar-refractivity contribution is -0.119. The Morgan fingerprint density at radius 1 is 1.27 bits per heavy atom. The van der Waals surface area contributed by atoms with Crippen LogP contribution in [-0.4, -0.2) is 5.91 Å². The first-order valence-corrected chi connectivity index (χ1v) is 5.62. The van der Waals surface area contributed by atoms with Crippen molar-refractivity contribution in [1.82, 2.24) is 5.32 Å². The minimum atomic E-state index is 0.170. The second-order valence-electron chi connectivity index (χ2n) is 3.78. The third-order valence-corrected chi connectivity index (χ3v) is 2.20. The van der Waals surface area contributed by atoms with Crippen LogP contribution in [0.5, 0.6) is 0 Å². The molecular weight excluding hydrogens is 186 g/mol. The monoisotopic (exact) mass is 205 g/mol. The van der Waals surface area contributed by atoms with Gasteiger partial charge in [0.25, 0.3) is 0 Å². The molecular formula is C13H19NO. The zero-order valence-electron chi connectivity index (χ0n) is 9.49. The molecule has 1 saturated heterocycles. The molecule has 1 aliphatic rings. The molecule has 1 aliphatic heterocycles. The SMILES string of the molecule is CCC.O=C1CCC(c2ccccc2)N1. The van der Waals surface area contributed by atoms with Crippen molar-refractivity contribution in [2.75, 3.05) is 0 Å². The second-order valence-corrected chi connectivity index (χ2v) is 3.78. The van der Waals surface area contributed by atoms with Crippen LogP contribution in [0.25, 0.3) is 0 Å². The maximum Gasteiger partial charge on any atom is 0.220 e. The fraction of sp³-hybridized carbons (Fsp3) is 0.462. The highest BCUT2D eigenvalue weighted by atomic mass is 16.1. The van der Waals surface area contributed by atoms with Crippen LogP contribution < -0.4 is 5.32 Å². The molecule has 2 heteroatoms. The summed E-state index contributed by atoms with van der Waals surface area (Å²) in [6.07, 6.45) is 2.85. The van der Waals surface area contributed by atoms with E-state index in [-0.39, 0.29) is 11.9 Å². The van der Waals surface area contributed by atoms with E-state index in [9.17, 15) is 4.79 Å². The van der Waals surface area contributed by atoms with E-state index < -0.39 is 0 Å². The molecule has 2 rings (SSSR count). The molecule has 1 fully saturated rings. The van der Waals surface area contributed by atoms with Gasteiger partial charge < -0.3 is 5.32 Å². The number of carbonyl (C=O) groups is 1. The highest BCUT2D eigenvalue weighted by Gasteiger charge is 2.21. The van der Waals surface area contributed by atoms with Gasteiger partial charge >= 0.3 is 0 Å². The first kappa shape index (κ1) is 11.8. The van der Waals surface area contributed by atoms with Crippen molar-refractivity contribution in [2.45, 2.75) is 39.2 Å². The minimum Gasteiger partial charge on any atom is -0.349 e. The van der Waals surface area contributed by atoms with Gasteiger partial charge in [-0.15, -0.1) is 0 Å². The Morgan fingerprint density at radius 2 is 1.87 bits per heavy atom. The molecule has 0 spiro atoms. The van der Waals surface area contributed by atoms with Crippen LogP contribution >= 0.6 is 0 Å². The molecule has 0 saturated carbocycles. The Morgan fingerprint density at radius 3 is 2.33 bits per heavy atom. The molecule has 82 valence electrons. The molecule has 0 radical (unpaired) electrons. The van der Waals surface area contributed by atoms with Crippen molar-refractivity contribution in [3.05, 3.63) is 35.9 Å². The summed E-state index contributed by atoms with van der Waals surface area (Å²) in [6, 6.07) is 10.3. The van der Waals surface area contributed by atoms with E-state index in [2.05, 4.69) is 31.3 Å². The molecule has 0 aromatic heterocycles. The van der Waals surface area contributed by atoms with Crippen molar-refractivity contribution < 1.29 is 4.79 Å². The first-order valence-electron chi connectivity index (χ1n) is 5.62. The van der Waals surface area contributed by atoms with Crippen molar-refractivity contribution in [3.63, 3.8) is 0 Å². The van der Waals surface area contributed by atoms with Gasteiger partial charge in [-0.05, 0) is 12.0 Å². The van der Waals surface area contributed by atoms with Crippen LogP contribution in [0.15, 0.2) is 30.3 Å². The van der Waals surface area contributed by atoms with Crippen molar-refractivity contribution in [2.24, 2.45) is 0 Å². The lowest BCUT2D eigenvalue weighted by atomic mass is 10.1. The predicted octanol–water partition coefficient (Wildman–Crippen LogP) is 3.05. The van der Waals surface area contributed by atoms with Gasteiger partial charge in [-0.3, -0.25) is 4.79 Å². The summed E-state index contributed by atoms with van der Waals surface area (Å²) < 4.78 is 0. The molecule has 1 N–H and O–H groups in total. The van der Waals surface area contributed by atoms with Gasteiger partial charge in [-0.25, -0.2) is 0 Å². The molecule has 1 aromatic rings. The molecule has 1 atom stereocenters. The van der Waals surface area contributed by atoms with E-state index in [0.717, 1.165) is 6.42 Å². The predicted molar refractivity (Wildman–Crippen MR) is 62.5 cm³/mol. The smallest absolute Gasteiger partial charge is 0.220 e. The van der Waals surface area contributed by atoms with E-state index in [0.29, 0.717) is 6.42 Å². The quantitative estimate of drug-likeness (QED) is 0.750. The van der Waals surface area contributed by atoms with Crippen molar-refractivity contribution >= 4 is 5.91 Å². The second kappa shape index (κ2) is 6.23. The third-order valence-electron chi connectivity index (χ3n) is 2.20. The number of carbonyl (C=O) groups excluding carboxylic acids is 1. The van der Waals surface area contributed by atoms with Crippen LogP contribution in [0.2, 0.25) is 0 Å². The Bertz CT molecular complexity index is 295. The zero-order valence-corrected chi connectivity index (χ0v) is 9.49. The summed E-state index contributed by atoms with van der Waals surface area (Å²) in [6.45, 7) is 4.25. The van der Waals surface area contributed by atoms with Crippen LogP contribution in [-0.2, 0) is 4.79 Å². The molecule has 1 unspecified atom stereocenters. The fourth-order valence-electron chi connectivity index (χ4n) is 1.55. The lowest BCUT2D eigenvalue weighted by Gasteiger charge is -2.08. The van der Waals surface area contributed by atoms with E-state index in [1.807, 2.05) is 18.2 Å². The summed E-state index contributed by atoms with van der Waals surface area (Å²) in [5.41, 5.74) is 1.21. The largest absolute Gasteiger partial charge is 0.349 e. The van der Waals surface area contributed by atoms with Gasteiger partial charge in [0.1, 0.15) is 0 Å². The molecule has 0 aliphatic carbocycles. The van der Waals surface area contributed by atoms with Crippen molar-refractivity contribution in [1.29, 1.82) is 0 Å². The van der Waals surface area contributed by atoms with Crippen LogP contribution in [0.4, 0.5) is 0 Å². The Hall–Kier alpha value is -1.31. The highest BCUT2D eigenvalue weighted by Crippen LogP contribution is 2.22. The lowest BCUT2D eigenvalue weighted by Crippen LogP contribution is -2.17.